The van der Waals surface area contributed by atoms with Gasteiger partial charge in [0, 0.05) is 27.8 Å². The summed E-state index contributed by atoms with van der Waals surface area (Å²) in [6.07, 6.45) is 0.364. The molecule has 1 aliphatic rings. The largest absolute Gasteiger partial charge is 0.454 e. The second kappa shape index (κ2) is 8.59. The molecule has 0 spiro atoms. The van der Waals surface area contributed by atoms with E-state index in [1.165, 1.54) is 0 Å². The average Bonchev–Trinajstić information content (AvgIpc) is 2.84. The first-order valence-corrected chi connectivity index (χ1v) is 10.4. The number of hydrogen-bond donors (Lipinski definition) is 2. The highest BCUT2D eigenvalue weighted by Gasteiger charge is 2.21. The molecule has 0 fully saturated rings. The van der Waals surface area contributed by atoms with Crippen molar-refractivity contribution >= 4 is 46.6 Å². The van der Waals surface area contributed by atoms with E-state index in [2.05, 4.69) is 10.6 Å². The average molecular weight is 425 g/mol. The molecule has 7 heteroatoms. The van der Waals surface area contributed by atoms with Crippen LogP contribution < -0.4 is 15.4 Å². The zero-order chi connectivity index (χ0) is 20.2. The summed E-state index contributed by atoms with van der Waals surface area (Å²) in [5, 5.41) is 6.13. The number of hydrogen-bond acceptors (Lipinski definition) is 4. The maximum absolute atomic E-state index is 12.6. The van der Waals surface area contributed by atoms with Crippen molar-refractivity contribution in [1.82, 2.24) is 0 Å². The molecule has 0 unspecified atom stereocenters. The van der Waals surface area contributed by atoms with Crippen LogP contribution in [0, 0.1) is 0 Å². The predicted molar refractivity (Wildman–Crippen MR) is 116 cm³/mol. The van der Waals surface area contributed by atoms with Crippen molar-refractivity contribution in [3.8, 4) is 11.5 Å². The molecule has 3 aromatic rings. The van der Waals surface area contributed by atoms with Crippen LogP contribution in [0.4, 0.5) is 11.4 Å². The molecule has 0 saturated heterocycles. The number of amides is 2. The van der Waals surface area contributed by atoms with Crippen LogP contribution in [0.3, 0.4) is 0 Å². The quantitative estimate of drug-likeness (QED) is 0.506. The molecule has 3 aromatic carbocycles. The molecule has 1 aliphatic heterocycles. The molecule has 0 saturated carbocycles. The Morgan fingerprint density at radius 1 is 1.03 bits per heavy atom. The lowest BCUT2D eigenvalue weighted by Crippen LogP contribution is -2.14. The summed E-state index contributed by atoms with van der Waals surface area (Å²) >= 11 is 7.62. The molecule has 4 rings (SSSR count). The van der Waals surface area contributed by atoms with Gasteiger partial charge in [-0.15, -0.1) is 11.8 Å². The van der Waals surface area contributed by atoms with E-state index in [0.717, 1.165) is 4.90 Å². The van der Waals surface area contributed by atoms with Crippen molar-refractivity contribution in [1.29, 1.82) is 0 Å². The van der Waals surface area contributed by atoms with Crippen molar-refractivity contribution in [2.24, 2.45) is 0 Å². The van der Waals surface area contributed by atoms with Gasteiger partial charge in [-0.25, -0.2) is 0 Å². The third-order valence-electron chi connectivity index (χ3n) is 4.26. The van der Waals surface area contributed by atoms with Crippen LogP contribution in [0.5, 0.6) is 11.5 Å². The summed E-state index contributed by atoms with van der Waals surface area (Å²) in [5.74, 6) is 1.16. The Labute approximate surface area is 177 Å². The van der Waals surface area contributed by atoms with Gasteiger partial charge in [-0.2, -0.15) is 0 Å². The van der Waals surface area contributed by atoms with Gasteiger partial charge in [-0.3, -0.25) is 9.59 Å². The second-order valence-corrected chi connectivity index (χ2v) is 7.97. The number of carbonyl (C=O) groups is 2. The fraction of sp³-hybridized carbons (Fsp3) is 0.0909. The molecule has 1 heterocycles. The lowest BCUT2D eigenvalue weighted by atomic mass is 10.1. The highest BCUT2D eigenvalue weighted by molar-refractivity contribution is 7.99. The number of halogens is 1. The van der Waals surface area contributed by atoms with Crippen LogP contribution in [0.1, 0.15) is 16.8 Å². The Morgan fingerprint density at radius 3 is 2.66 bits per heavy atom. The predicted octanol–water partition coefficient (Wildman–Crippen LogP) is 5.82. The first kappa shape index (κ1) is 19.4. The maximum atomic E-state index is 12.6. The number of carbonyl (C=O) groups excluding carboxylic acids is 2. The number of anilines is 2. The second-order valence-electron chi connectivity index (χ2n) is 6.37. The van der Waals surface area contributed by atoms with Gasteiger partial charge in [0.1, 0.15) is 5.75 Å². The third kappa shape index (κ3) is 4.72. The Morgan fingerprint density at radius 2 is 1.83 bits per heavy atom. The van der Waals surface area contributed by atoms with Crippen LogP contribution in [-0.2, 0) is 4.79 Å². The maximum Gasteiger partial charge on any atom is 0.259 e. The Hall–Kier alpha value is -2.96. The number of ether oxygens (including phenoxy) is 1. The Kier molecular flexibility index (Phi) is 5.74. The number of fused-ring (bicyclic) bond motifs is 2. The van der Waals surface area contributed by atoms with Crippen LogP contribution in [0.2, 0.25) is 5.02 Å². The SMILES string of the molecule is O=C(CCSc1ccccc1)Nc1ccc2c(c1)C(=O)Nc1cc(Cl)ccc1O2. The zero-order valence-corrected chi connectivity index (χ0v) is 16.8. The molecular weight excluding hydrogens is 408 g/mol. The topological polar surface area (TPSA) is 67.4 Å². The molecule has 0 radical (unpaired) electrons. The van der Waals surface area contributed by atoms with Crippen molar-refractivity contribution in [2.45, 2.75) is 11.3 Å². The summed E-state index contributed by atoms with van der Waals surface area (Å²) in [4.78, 5) is 26.0. The standard InChI is InChI=1S/C22H17ClN2O3S/c23-14-6-8-20-18(12-14)25-22(27)17-13-15(7-9-19(17)28-20)24-21(26)10-11-29-16-4-2-1-3-5-16/h1-9,12-13H,10-11H2,(H,24,26)(H,25,27). The van der Waals surface area contributed by atoms with E-state index in [0.29, 0.717) is 45.6 Å². The van der Waals surface area contributed by atoms with Crippen LogP contribution >= 0.6 is 23.4 Å². The van der Waals surface area contributed by atoms with Crippen LogP contribution in [0.15, 0.2) is 71.6 Å². The molecule has 0 bridgehead atoms. The van der Waals surface area contributed by atoms with E-state index in [1.54, 1.807) is 48.2 Å². The van der Waals surface area contributed by atoms with Gasteiger partial charge in [-0.1, -0.05) is 29.8 Å². The van der Waals surface area contributed by atoms with Gasteiger partial charge in [0.25, 0.3) is 5.91 Å². The molecule has 2 amide bonds. The van der Waals surface area contributed by atoms with Gasteiger partial charge in [-0.05, 0) is 48.5 Å². The van der Waals surface area contributed by atoms with E-state index >= 15 is 0 Å². The van der Waals surface area contributed by atoms with Crippen molar-refractivity contribution < 1.29 is 14.3 Å². The summed E-state index contributed by atoms with van der Waals surface area (Å²) in [6, 6.07) is 20.0. The Bertz CT molecular complexity index is 1070. The number of benzene rings is 3. The van der Waals surface area contributed by atoms with Gasteiger partial charge >= 0.3 is 0 Å². The molecule has 29 heavy (non-hydrogen) atoms. The van der Waals surface area contributed by atoms with Crippen molar-refractivity contribution in [2.75, 3.05) is 16.4 Å². The molecule has 2 N–H and O–H groups in total. The number of nitrogens with one attached hydrogen (secondary N) is 2. The molecule has 5 nitrogen and oxygen atoms in total. The first-order chi connectivity index (χ1) is 14.1. The molecular formula is C22H17ClN2O3S. The molecule has 0 aliphatic carbocycles. The smallest absolute Gasteiger partial charge is 0.259 e. The highest BCUT2D eigenvalue weighted by Crippen LogP contribution is 2.37. The molecule has 146 valence electrons. The van der Waals surface area contributed by atoms with Crippen molar-refractivity contribution in [3.05, 3.63) is 77.3 Å². The summed E-state index contributed by atoms with van der Waals surface area (Å²) in [7, 11) is 0. The minimum absolute atomic E-state index is 0.113. The van der Waals surface area contributed by atoms with Crippen LogP contribution in [0.25, 0.3) is 0 Å². The summed E-state index contributed by atoms with van der Waals surface area (Å²) in [5.41, 5.74) is 1.39. The summed E-state index contributed by atoms with van der Waals surface area (Å²) in [6.45, 7) is 0. The first-order valence-electron chi connectivity index (χ1n) is 8.99. The zero-order valence-electron chi connectivity index (χ0n) is 15.3. The van der Waals surface area contributed by atoms with Crippen molar-refractivity contribution in [3.63, 3.8) is 0 Å². The van der Waals surface area contributed by atoms with E-state index in [4.69, 9.17) is 16.3 Å². The highest BCUT2D eigenvalue weighted by atomic mass is 35.5. The Balaban J connectivity index is 1.42. The number of thioether (sulfide) groups is 1. The van der Waals surface area contributed by atoms with Gasteiger partial charge < -0.3 is 15.4 Å². The molecule has 0 atom stereocenters. The van der Waals surface area contributed by atoms with E-state index in [-0.39, 0.29) is 11.8 Å². The minimum Gasteiger partial charge on any atom is -0.454 e. The van der Waals surface area contributed by atoms with Gasteiger partial charge in [0.05, 0.1) is 11.3 Å². The fourth-order valence-corrected chi connectivity index (χ4v) is 3.92. The fourth-order valence-electron chi connectivity index (χ4n) is 2.87. The van der Waals surface area contributed by atoms with Gasteiger partial charge in [0.2, 0.25) is 5.91 Å². The lowest BCUT2D eigenvalue weighted by molar-refractivity contribution is -0.115. The monoisotopic (exact) mass is 424 g/mol. The third-order valence-corrected chi connectivity index (χ3v) is 5.51. The summed E-state index contributed by atoms with van der Waals surface area (Å²) < 4.78 is 5.84. The van der Waals surface area contributed by atoms with E-state index in [1.807, 2.05) is 30.3 Å². The lowest BCUT2D eigenvalue weighted by Gasteiger charge is -2.10. The minimum atomic E-state index is -0.322. The van der Waals surface area contributed by atoms with Crippen LogP contribution in [-0.4, -0.2) is 17.6 Å². The van der Waals surface area contributed by atoms with E-state index < -0.39 is 0 Å². The normalized spacial score (nSPS) is 12.1. The number of rotatable bonds is 5. The molecule has 0 aromatic heterocycles. The van der Waals surface area contributed by atoms with E-state index in [9.17, 15) is 9.59 Å². The van der Waals surface area contributed by atoms with Gasteiger partial charge in [0.15, 0.2) is 5.75 Å².